The van der Waals surface area contributed by atoms with Crippen molar-refractivity contribution >= 4 is 5.97 Å². The molecule has 0 aromatic carbocycles. The van der Waals surface area contributed by atoms with Crippen LogP contribution >= 0.6 is 0 Å². The maximum atomic E-state index is 11.3. The van der Waals surface area contributed by atoms with E-state index in [2.05, 4.69) is 10.4 Å². The van der Waals surface area contributed by atoms with E-state index >= 15 is 0 Å². The van der Waals surface area contributed by atoms with E-state index in [-0.39, 0.29) is 12.5 Å². The van der Waals surface area contributed by atoms with Crippen molar-refractivity contribution in [3.8, 4) is 0 Å². The zero-order chi connectivity index (χ0) is 12.1. The highest BCUT2D eigenvalue weighted by Gasteiger charge is 2.13. The first-order chi connectivity index (χ1) is 7.60. The van der Waals surface area contributed by atoms with Gasteiger partial charge in [0.05, 0.1) is 12.3 Å². The van der Waals surface area contributed by atoms with Crippen molar-refractivity contribution < 1.29 is 9.53 Å². The first kappa shape index (κ1) is 12.7. The van der Waals surface area contributed by atoms with E-state index < -0.39 is 0 Å². The number of hydrogen-bond acceptors (Lipinski definition) is 4. The summed E-state index contributed by atoms with van der Waals surface area (Å²) in [6.07, 6.45) is 0. The number of aryl methyl sites for hydroxylation is 1. The average molecular weight is 225 g/mol. The Morgan fingerprint density at radius 3 is 2.75 bits per heavy atom. The van der Waals surface area contributed by atoms with E-state index in [0.717, 1.165) is 23.5 Å². The van der Waals surface area contributed by atoms with Crippen LogP contribution < -0.4 is 5.32 Å². The lowest BCUT2D eigenvalue weighted by molar-refractivity contribution is -0.144. The number of aromatic nitrogens is 2. The number of carbonyl (C=O) groups is 1. The average Bonchev–Trinajstić information content (AvgIpc) is 2.47. The molecule has 0 radical (unpaired) electrons. The summed E-state index contributed by atoms with van der Waals surface area (Å²) in [5, 5.41) is 7.41. The van der Waals surface area contributed by atoms with Crippen molar-refractivity contribution in [2.45, 2.75) is 33.9 Å². The zero-order valence-electron chi connectivity index (χ0n) is 10.3. The predicted molar refractivity (Wildman–Crippen MR) is 61.1 cm³/mol. The standard InChI is InChI=1S/C11H19N3O2/c1-5-16-11(15)7-14-9(3)10(6-12-4)8(2)13-14/h12H,5-7H2,1-4H3. The van der Waals surface area contributed by atoms with Gasteiger partial charge in [0.25, 0.3) is 0 Å². The third kappa shape index (κ3) is 2.82. The Morgan fingerprint density at radius 1 is 1.50 bits per heavy atom. The van der Waals surface area contributed by atoms with Gasteiger partial charge in [-0.15, -0.1) is 0 Å². The zero-order valence-corrected chi connectivity index (χ0v) is 10.3. The Bertz CT molecular complexity index is 372. The largest absolute Gasteiger partial charge is 0.465 e. The van der Waals surface area contributed by atoms with Gasteiger partial charge < -0.3 is 10.1 Å². The fourth-order valence-electron chi connectivity index (χ4n) is 1.65. The SMILES string of the molecule is CCOC(=O)Cn1nc(C)c(CNC)c1C. The van der Waals surface area contributed by atoms with Gasteiger partial charge in [-0.2, -0.15) is 5.10 Å². The maximum absolute atomic E-state index is 11.3. The van der Waals surface area contributed by atoms with Crippen LogP contribution in [-0.4, -0.2) is 29.4 Å². The number of hydrogen-bond donors (Lipinski definition) is 1. The van der Waals surface area contributed by atoms with Crippen LogP contribution in [0.1, 0.15) is 23.9 Å². The van der Waals surface area contributed by atoms with Crippen molar-refractivity contribution in [2.24, 2.45) is 0 Å². The van der Waals surface area contributed by atoms with Crippen molar-refractivity contribution in [1.82, 2.24) is 15.1 Å². The molecule has 0 atom stereocenters. The van der Waals surface area contributed by atoms with E-state index in [1.165, 1.54) is 0 Å². The van der Waals surface area contributed by atoms with Gasteiger partial charge in [0.1, 0.15) is 6.54 Å². The molecule has 0 saturated heterocycles. The smallest absolute Gasteiger partial charge is 0.327 e. The minimum atomic E-state index is -0.246. The molecule has 1 aromatic heterocycles. The van der Waals surface area contributed by atoms with Gasteiger partial charge in [0.2, 0.25) is 0 Å². The molecule has 5 heteroatoms. The summed E-state index contributed by atoms with van der Waals surface area (Å²) in [5.41, 5.74) is 3.11. The number of carbonyl (C=O) groups excluding carboxylic acids is 1. The monoisotopic (exact) mass is 225 g/mol. The summed E-state index contributed by atoms with van der Waals surface area (Å²) in [5.74, 6) is -0.246. The molecule has 1 heterocycles. The second-order valence-electron chi connectivity index (χ2n) is 3.64. The highest BCUT2D eigenvalue weighted by Crippen LogP contribution is 2.12. The van der Waals surface area contributed by atoms with Gasteiger partial charge in [-0.1, -0.05) is 0 Å². The van der Waals surface area contributed by atoms with E-state index in [1.807, 2.05) is 20.9 Å². The summed E-state index contributed by atoms with van der Waals surface area (Å²) in [6.45, 7) is 7.06. The Kier molecular flexibility index (Phi) is 4.49. The molecule has 0 spiro atoms. The first-order valence-corrected chi connectivity index (χ1v) is 5.43. The van der Waals surface area contributed by atoms with Crippen molar-refractivity contribution in [3.63, 3.8) is 0 Å². The Labute approximate surface area is 95.8 Å². The number of esters is 1. The number of ether oxygens (including phenoxy) is 1. The Hall–Kier alpha value is -1.36. The van der Waals surface area contributed by atoms with Crippen LogP contribution in [-0.2, 0) is 22.6 Å². The first-order valence-electron chi connectivity index (χ1n) is 5.43. The normalized spacial score (nSPS) is 10.5. The molecule has 0 aliphatic heterocycles. The van der Waals surface area contributed by atoms with E-state index in [4.69, 9.17) is 4.74 Å². The van der Waals surface area contributed by atoms with Crippen LogP contribution in [0.4, 0.5) is 0 Å². The van der Waals surface area contributed by atoms with Gasteiger partial charge in [-0.05, 0) is 27.8 Å². The van der Waals surface area contributed by atoms with Crippen molar-refractivity contribution in [1.29, 1.82) is 0 Å². The molecule has 0 bridgehead atoms. The summed E-state index contributed by atoms with van der Waals surface area (Å²) in [4.78, 5) is 11.3. The van der Waals surface area contributed by atoms with Crippen LogP contribution in [0.5, 0.6) is 0 Å². The van der Waals surface area contributed by atoms with Crippen LogP contribution in [0.3, 0.4) is 0 Å². The van der Waals surface area contributed by atoms with Gasteiger partial charge in [-0.3, -0.25) is 9.48 Å². The fourth-order valence-corrected chi connectivity index (χ4v) is 1.65. The molecule has 0 saturated carbocycles. The lowest BCUT2D eigenvalue weighted by Gasteiger charge is -2.05. The third-order valence-electron chi connectivity index (χ3n) is 2.47. The molecule has 1 aromatic rings. The lowest BCUT2D eigenvalue weighted by Crippen LogP contribution is -2.16. The summed E-state index contributed by atoms with van der Waals surface area (Å²) >= 11 is 0. The maximum Gasteiger partial charge on any atom is 0.327 e. The molecule has 1 rings (SSSR count). The van der Waals surface area contributed by atoms with E-state index in [9.17, 15) is 4.79 Å². The molecule has 16 heavy (non-hydrogen) atoms. The topological polar surface area (TPSA) is 56.2 Å². The van der Waals surface area contributed by atoms with Gasteiger partial charge in [0, 0.05) is 17.8 Å². The van der Waals surface area contributed by atoms with Crippen molar-refractivity contribution in [2.75, 3.05) is 13.7 Å². The molecular formula is C11H19N3O2. The minimum absolute atomic E-state index is 0.185. The second-order valence-corrected chi connectivity index (χ2v) is 3.64. The highest BCUT2D eigenvalue weighted by molar-refractivity contribution is 5.69. The number of nitrogens with zero attached hydrogens (tertiary/aromatic N) is 2. The van der Waals surface area contributed by atoms with Crippen LogP contribution in [0, 0.1) is 13.8 Å². The molecule has 1 N–H and O–H groups in total. The second kappa shape index (κ2) is 5.65. The summed E-state index contributed by atoms with van der Waals surface area (Å²) in [7, 11) is 1.89. The molecule has 0 aliphatic rings. The quantitative estimate of drug-likeness (QED) is 0.752. The van der Waals surface area contributed by atoms with Crippen LogP contribution in [0.2, 0.25) is 0 Å². The minimum Gasteiger partial charge on any atom is -0.465 e. The fraction of sp³-hybridized carbons (Fsp3) is 0.636. The molecule has 90 valence electrons. The molecule has 0 fully saturated rings. The Balaban J connectivity index is 2.81. The van der Waals surface area contributed by atoms with E-state index in [1.54, 1.807) is 11.6 Å². The highest BCUT2D eigenvalue weighted by atomic mass is 16.5. The molecule has 0 aliphatic carbocycles. The van der Waals surface area contributed by atoms with Gasteiger partial charge >= 0.3 is 5.97 Å². The third-order valence-corrected chi connectivity index (χ3v) is 2.47. The van der Waals surface area contributed by atoms with E-state index in [0.29, 0.717) is 6.61 Å². The van der Waals surface area contributed by atoms with Crippen LogP contribution in [0.25, 0.3) is 0 Å². The summed E-state index contributed by atoms with van der Waals surface area (Å²) < 4.78 is 6.59. The predicted octanol–water partition coefficient (Wildman–Crippen LogP) is 0.782. The van der Waals surface area contributed by atoms with Crippen molar-refractivity contribution in [3.05, 3.63) is 17.0 Å². The molecule has 0 unspecified atom stereocenters. The molecular weight excluding hydrogens is 206 g/mol. The summed E-state index contributed by atoms with van der Waals surface area (Å²) in [6, 6.07) is 0. The molecule has 0 amide bonds. The Morgan fingerprint density at radius 2 is 2.19 bits per heavy atom. The van der Waals surface area contributed by atoms with Gasteiger partial charge in [0.15, 0.2) is 0 Å². The molecule has 5 nitrogen and oxygen atoms in total. The number of nitrogens with one attached hydrogen (secondary N) is 1. The lowest BCUT2D eigenvalue weighted by atomic mass is 10.2. The van der Waals surface area contributed by atoms with Crippen LogP contribution in [0.15, 0.2) is 0 Å². The number of rotatable bonds is 5. The van der Waals surface area contributed by atoms with Gasteiger partial charge in [-0.25, -0.2) is 0 Å².